The Kier molecular flexibility index (Phi) is 3.61. The van der Waals surface area contributed by atoms with Crippen molar-refractivity contribution < 1.29 is 0 Å². The third kappa shape index (κ3) is 2.70. The minimum Gasteiger partial charge on any atom is -0.267 e. The third-order valence-corrected chi connectivity index (χ3v) is 4.16. The third-order valence-electron chi connectivity index (χ3n) is 4.16. The van der Waals surface area contributed by atoms with Crippen LogP contribution in [0.3, 0.4) is 0 Å². The Bertz CT molecular complexity index is 1170. The zero-order chi connectivity index (χ0) is 17.4. The second kappa shape index (κ2) is 5.94. The van der Waals surface area contributed by atoms with Crippen molar-refractivity contribution in [2.75, 3.05) is 0 Å². The summed E-state index contributed by atoms with van der Waals surface area (Å²) in [5, 5.41) is 5.74. The van der Waals surface area contributed by atoms with Crippen LogP contribution >= 0.6 is 0 Å². The van der Waals surface area contributed by atoms with Crippen molar-refractivity contribution in [1.82, 2.24) is 14.6 Å². The van der Waals surface area contributed by atoms with E-state index in [-0.39, 0.29) is 5.56 Å². The molecule has 0 aliphatic heterocycles. The predicted molar refractivity (Wildman–Crippen MR) is 100 cm³/mol. The van der Waals surface area contributed by atoms with E-state index in [0.717, 1.165) is 16.5 Å². The largest absolute Gasteiger partial charge is 0.282 e. The maximum absolute atomic E-state index is 12.9. The average Bonchev–Trinajstić information content (AvgIpc) is 2.63. The number of fused-ring (bicyclic) bond motifs is 3. The van der Waals surface area contributed by atoms with Gasteiger partial charge in [-0.3, -0.25) is 9.78 Å². The number of benzene rings is 2. The summed E-state index contributed by atoms with van der Waals surface area (Å²) in [6, 6.07) is 15.3. The van der Waals surface area contributed by atoms with Crippen LogP contribution in [-0.2, 0) is 0 Å². The second-order valence-corrected chi connectivity index (χ2v) is 5.96. The first kappa shape index (κ1) is 15.2. The predicted octanol–water partition coefficient (Wildman–Crippen LogP) is 3.44. The fourth-order valence-corrected chi connectivity index (χ4v) is 2.81. The fourth-order valence-electron chi connectivity index (χ4n) is 2.81. The Morgan fingerprint density at radius 3 is 2.60 bits per heavy atom. The summed E-state index contributed by atoms with van der Waals surface area (Å²) in [5.74, 6) is 0.539. The first-order valence-electron chi connectivity index (χ1n) is 8.01. The number of rotatable bonds is 2. The van der Waals surface area contributed by atoms with Crippen LogP contribution in [-0.4, -0.2) is 20.9 Å². The van der Waals surface area contributed by atoms with Crippen molar-refractivity contribution >= 4 is 28.0 Å². The van der Waals surface area contributed by atoms with E-state index in [9.17, 15) is 4.79 Å². The summed E-state index contributed by atoms with van der Waals surface area (Å²) in [6.07, 6.45) is 3.40. The SMILES string of the molecule is Cc1ccc(/C=N/n2c(C)nc3c(ccc4ncccc43)c2=O)cc1. The zero-order valence-corrected chi connectivity index (χ0v) is 14.0. The number of aromatic nitrogens is 3. The van der Waals surface area contributed by atoms with Crippen LogP contribution in [0.5, 0.6) is 0 Å². The van der Waals surface area contributed by atoms with Crippen molar-refractivity contribution in [3.63, 3.8) is 0 Å². The molecule has 0 aliphatic rings. The van der Waals surface area contributed by atoms with E-state index >= 15 is 0 Å². The molecule has 0 bridgehead atoms. The highest BCUT2D eigenvalue weighted by Crippen LogP contribution is 2.20. The zero-order valence-electron chi connectivity index (χ0n) is 14.0. The molecule has 0 N–H and O–H groups in total. The van der Waals surface area contributed by atoms with Gasteiger partial charge in [-0.15, -0.1) is 0 Å². The summed E-state index contributed by atoms with van der Waals surface area (Å²) in [5.41, 5.74) is 3.41. The van der Waals surface area contributed by atoms with Gasteiger partial charge in [0.15, 0.2) is 0 Å². The van der Waals surface area contributed by atoms with E-state index < -0.39 is 0 Å². The van der Waals surface area contributed by atoms with Gasteiger partial charge in [0.1, 0.15) is 5.82 Å². The molecule has 2 aromatic carbocycles. The number of hydrogen-bond acceptors (Lipinski definition) is 4. The van der Waals surface area contributed by atoms with Gasteiger partial charge in [-0.1, -0.05) is 29.8 Å². The first-order chi connectivity index (χ1) is 12.1. The standard InChI is InChI=1S/C20H16N4O/c1-13-5-7-15(8-6-13)12-22-24-14(2)23-19-16-4-3-11-21-18(16)10-9-17(19)20(24)25/h3-12H,1-2H3/b22-12+. The van der Waals surface area contributed by atoms with Gasteiger partial charge in [0.2, 0.25) is 0 Å². The maximum atomic E-state index is 12.9. The molecule has 2 heterocycles. The van der Waals surface area contributed by atoms with Crippen LogP contribution in [0.15, 0.2) is 64.6 Å². The highest BCUT2D eigenvalue weighted by molar-refractivity contribution is 6.03. The molecule has 122 valence electrons. The van der Waals surface area contributed by atoms with Crippen LogP contribution in [0.4, 0.5) is 0 Å². The minimum absolute atomic E-state index is 0.184. The fraction of sp³-hybridized carbons (Fsp3) is 0.100. The smallest absolute Gasteiger partial charge is 0.267 e. The van der Waals surface area contributed by atoms with Crippen molar-refractivity contribution in [1.29, 1.82) is 0 Å². The molecular weight excluding hydrogens is 312 g/mol. The van der Waals surface area contributed by atoms with E-state index in [2.05, 4.69) is 15.1 Å². The Balaban J connectivity index is 1.89. The molecule has 2 aromatic heterocycles. The molecular formula is C20H16N4O. The highest BCUT2D eigenvalue weighted by atomic mass is 16.1. The molecule has 4 rings (SSSR count). The molecule has 0 aliphatic carbocycles. The summed E-state index contributed by atoms with van der Waals surface area (Å²) < 4.78 is 1.34. The van der Waals surface area contributed by atoms with Crippen molar-refractivity contribution in [3.8, 4) is 0 Å². The van der Waals surface area contributed by atoms with Crippen LogP contribution in [0.2, 0.25) is 0 Å². The molecule has 0 radical (unpaired) electrons. The van der Waals surface area contributed by atoms with Crippen LogP contribution in [0.1, 0.15) is 17.0 Å². The Morgan fingerprint density at radius 2 is 1.80 bits per heavy atom. The minimum atomic E-state index is -0.184. The Morgan fingerprint density at radius 1 is 1.00 bits per heavy atom. The monoisotopic (exact) mass is 328 g/mol. The van der Waals surface area contributed by atoms with E-state index in [0.29, 0.717) is 16.7 Å². The van der Waals surface area contributed by atoms with E-state index in [4.69, 9.17) is 0 Å². The summed E-state index contributed by atoms with van der Waals surface area (Å²) in [4.78, 5) is 21.8. The molecule has 0 spiro atoms. The second-order valence-electron chi connectivity index (χ2n) is 5.96. The molecule has 0 fully saturated rings. The molecule has 5 heteroatoms. The van der Waals surface area contributed by atoms with E-state index in [1.807, 2.05) is 49.4 Å². The van der Waals surface area contributed by atoms with Gasteiger partial charge in [0, 0.05) is 11.6 Å². The molecule has 5 nitrogen and oxygen atoms in total. The van der Waals surface area contributed by atoms with Crippen LogP contribution in [0, 0.1) is 13.8 Å². The topological polar surface area (TPSA) is 60.1 Å². The lowest BCUT2D eigenvalue weighted by Crippen LogP contribution is -2.20. The molecule has 0 amide bonds. The van der Waals surface area contributed by atoms with Gasteiger partial charge in [-0.05, 0) is 43.7 Å². The van der Waals surface area contributed by atoms with Crippen LogP contribution in [0.25, 0.3) is 21.8 Å². The van der Waals surface area contributed by atoms with E-state index in [1.165, 1.54) is 10.2 Å². The van der Waals surface area contributed by atoms with Crippen molar-refractivity contribution in [2.24, 2.45) is 5.10 Å². The molecule has 25 heavy (non-hydrogen) atoms. The van der Waals surface area contributed by atoms with Gasteiger partial charge in [-0.25, -0.2) is 4.98 Å². The molecule has 0 saturated carbocycles. The van der Waals surface area contributed by atoms with Gasteiger partial charge in [-0.2, -0.15) is 9.78 Å². The quantitative estimate of drug-likeness (QED) is 0.418. The lowest BCUT2D eigenvalue weighted by atomic mass is 10.1. The summed E-state index contributed by atoms with van der Waals surface area (Å²) >= 11 is 0. The molecule has 0 atom stereocenters. The van der Waals surface area contributed by atoms with Crippen molar-refractivity contribution in [3.05, 3.63) is 82.0 Å². The Hall–Kier alpha value is -3.34. The number of pyridine rings is 1. The number of hydrogen-bond donors (Lipinski definition) is 0. The Labute approximate surface area is 144 Å². The lowest BCUT2D eigenvalue weighted by molar-refractivity contribution is 0.771. The van der Waals surface area contributed by atoms with Gasteiger partial charge in [0.05, 0.1) is 22.6 Å². The van der Waals surface area contributed by atoms with E-state index in [1.54, 1.807) is 25.4 Å². The lowest BCUT2D eigenvalue weighted by Gasteiger charge is -2.07. The number of aryl methyl sites for hydroxylation is 2. The van der Waals surface area contributed by atoms with Gasteiger partial charge >= 0.3 is 0 Å². The van der Waals surface area contributed by atoms with Gasteiger partial charge in [0.25, 0.3) is 5.56 Å². The molecule has 0 saturated heterocycles. The number of nitrogens with zero attached hydrogens (tertiary/aromatic N) is 4. The average molecular weight is 328 g/mol. The normalized spacial score (nSPS) is 11.6. The van der Waals surface area contributed by atoms with Gasteiger partial charge < -0.3 is 0 Å². The highest BCUT2D eigenvalue weighted by Gasteiger charge is 2.10. The summed E-state index contributed by atoms with van der Waals surface area (Å²) in [6.45, 7) is 3.81. The first-order valence-corrected chi connectivity index (χ1v) is 8.01. The molecule has 0 unspecified atom stereocenters. The summed E-state index contributed by atoms with van der Waals surface area (Å²) in [7, 11) is 0. The van der Waals surface area contributed by atoms with Crippen LogP contribution < -0.4 is 5.56 Å². The molecule has 4 aromatic rings. The van der Waals surface area contributed by atoms with Crippen molar-refractivity contribution in [2.45, 2.75) is 13.8 Å². The maximum Gasteiger partial charge on any atom is 0.282 e.